The van der Waals surface area contributed by atoms with Gasteiger partial charge in [0.05, 0.1) is 36.4 Å². The van der Waals surface area contributed by atoms with Gasteiger partial charge in [-0.05, 0) is 67.4 Å². The summed E-state index contributed by atoms with van der Waals surface area (Å²) in [6, 6.07) is 15.8. The molecule has 37 heavy (non-hydrogen) atoms. The van der Waals surface area contributed by atoms with Gasteiger partial charge in [-0.25, -0.2) is 4.98 Å². The second-order valence-corrected chi connectivity index (χ2v) is 8.59. The minimum Gasteiger partial charge on any atom is -0.507 e. The van der Waals surface area contributed by atoms with Gasteiger partial charge in [-0.1, -0.05) is 18.2 Å². The second kappa shape index (κ2) is 9.34. The number of aromatic nitrogens is 2. The third-order valence-corrected chi connectivity index (χ3v) is 6.32. The number of methoxy groups -OCH3 is 1. The molecule has 1 unspecified atom stereocenters. The maximum Gasteiger partial charge on any atom is 0.302 e. The van der Waals surface area contributed by atoms with Crippen LogP contribution in [0.3, 0.4) is 0 Å². The molecular weight excluding hydrogens is 474 g/mol. The van der Waals surface area contributed by atoms with Crippen molar-refractivity contribution in [3.8, 4) is 17.2 Å². The maximum atomic E-state index is 13.4. The number of aliphatic hydroxyl groups is 1. The van der Waals surface area contributed by atoms with Crippen LogP contribution in [-0.2, 0) is 9.59 Å². The molecule has 1 aliphatic rings. The third-order valence-electron chi connectivity index (χ3n) is 6.32. The number of nitrogens with one attached hydrogen (secondary N) is 1. The number of anilines is 1. The van der Waals surface area contributed by atoms with Crippen molar-refractivity contribution >= 4 is 34.4 Å². The van der Waals surface area contributed by atoms with Crippen LogP contribution in [0.15, 0.2) is 66.2 Å². The Labute approximate surface area is 212 Å². The molecule has 5 rings (SSSR count). The highest BCUT2D eigenvalue weighted by atomic mass is 16.5. The van der Waals surface area contributed by atoms with Gasteiger partial charge in [-0.15, -0.1) is 0 Å². The lowest BCUT2D eigenvalue weighted by molar-refractivity contribution is -0.132. The van der Waals surface area contributed by atoms with Crippen LogP contribution in [0.1, 0.15) is 29.7 Å². The van der Waals surface area contributed by atoms with E-state index in [1.807, 2.05) is 25.1 Å². The minimum absolute atomic E-state index is 0.0860. The molecular formula is C28H25N3O6. The Hall–Kier alpha value is -4.79. The van der Waals surface area contributed by atoms with Gasteiger partial charge in [-0.2, -0.15) is 0 Å². The van der Waals surface area contributed by atoms with Gasteiger partial charge in [0.25, 0.3) is 5.78 Å². The predicted octanol–water partition coefficient (Wildman–Crippen LogP) is 4.61. The smallest absolute Gasteiger partial charge is 0.302 e. The second-order valence-electron chi connectivity index (χ2n) is 8.59. The first kappa shape index (κ1) is 23.9. The molecule has 0 bridgehead atoms. The number of fused-ring (bicyclic) bond motifs is 1. The number of para-hydroxylation sites is 2. The van der Waals surface area contributed by atoms with Crippen molar-refractivity contribution in [3.63, 3.8) is 0 Å². The summed E-state index contributed by atoms with van der Waals surface area (Å²) in [7, 11) is 1.54. The van der Waals surface area contributed by atoms with Crippen molar-refractivity contribution in [2.24, 2.45) is 0 Å². The Morgan fingerprint density at radius 3 is 2.57 bits per heavy atom. The molecule has 188 valence electrons. The fourth-order valence-corrected chi connectivity index (χ4v) is 4.57. The molecule has 1 atom stereocenters. The number of carbonyl (C=O) groups is 2. The van der Waals surface area contributed by atoms with Crippen LogP contribution in [0.25, 0.3) is 16.8 Å². The van der Waals surface area contributed by atoms with E-state index in [0.717, 1.165) is 5.56 Å². The first-order chi connectivity index (χ1) is 17.8. The van der Waals surface area contributed by atoms with E-state index in [2.05, 4.69) is 9.97 Å². The zero-order valence-electron chi connectivity index (χ0n) is 20.5. The number of rotatable bonds is 6. The molecule has 1 amide bonds. The fraction of sp³-hybridized carbons (Fsp3) is 0.179. The van der Waals surface area contributed by atoms with Gasteiger partial charge in [0.2, 0.25) is 5.95 Å². The van der Waals surface area contributed by atoms with Gasteiger partial charge in [0, 0.05) is 5.56 Å². The normalized spacial score (nSPS) is 16.9. The van der Waals surface area contributed by atoms with E-state index in [0.29, 0.717) is 34.5 Å². The van der Waals surface area contributed by atoms with Crippen LogP contribution in [0.4, 0.5) is 5.95 Å². The molecule has 0 spiro atoms. The molecule has 1 aromatic heterocycles. The molecule has 3 N–H and O–H groups in total. The van der Waals surface area contributed by atoms with Gasteiger partial charge < -0.3 is 24.7 Å². The van der Waals surface area contributed by atoms with Crippen LogP contribution < -0.4 is 14.4 Å². The zero-order chi connectivity index (χ0) is 26.3. The Balaban J connectivity index is 1.74. The molecule has 1 saturated heterocycles. The Bertz CT molecular complexity index is 1540. The number of benzene rings is 3. The minimum atomic E-state index is -1.04. The van der Waals surface area contributed by atoms with E-state index in [4.69, 9.17) is 9.47 Å². The number of aromatic amines is 1. The zero-order valence-corrected chi connectivity index (χ0v) is 20.5. The number of amides is 1. The van der Waals surface area contributed by atoms with Crippen molar-refractivity contribution < 1.29 is 29.3 Å². The lowest BCUT2D eigenvalue weighted by Gasteiger charge is -2.23. The van der Waals surface area contributed by atoms with Gasteiger partial charge in [0.1, 0.15) is 11.5 Å². The van der Waals surface area contributed by atoms with E-state index in [1.54, 1.807) is 50.4 Å². The summed E-state index contributed by atoms with van der Waals surface area (Å²) in [6.07, 6.45) is 0. The molecule has 2 heterocycles. The van der Waals surface area contributed by atoms with E-state index in [9.17, 15) is 19.8 Å². The number of aryl methyl sites for hydroxylation is 1. The molecule has 1 fully saturated rings. The fourth-order valence-electron chi connectivity index (χ4n) is 4.57. The summed E-state index contributed by atoms with van der Waals surface area (Å²) >= 11 is 0. The molecule has 9 nitrogen and oxygen atoms in total. The van der Waals surface area contributed by atoms with Crippen LogP contribution in [0.2, 0.25) is 0 Å². The number of hydrogen-bond donors (Lipinski definition) is 3. The summed E-state index contributed by atoms with van der Waals surface area (Å²) in [4.78, 5) is 35.7. The highest BCUT2D eigenvalue weighted by Gasteiger charge is 2.48. The Morgan fingerprint density at radius 2 is 1.86 bits per heavy atom. The van der Waals surface area contributed by atoms with E-state index in [-0.39, 0.29) is 28.8 Å². The number of ether oxygens (including phenoxy) is 2. The van der Waals surface area contributed by atoms with Gasteiger partial charge in [-0.3, -0.25) is 14.5 Å². The van der Waals surface area contributed by atoms with Crippen LogP contribution in [0.5, 0.6) is 17.2 Å². The van der Waals surface area contributed by atoms with E-state index in [1.165, 1.54) is 11.0 Å². The highest BCUT2D eigenvalue weighted by molar-refractivity contribution is 6.51. The van der Waals surface area contributed by atoms with Crippen LogP contribution in [-0.4, -0.2) is 45.6 Å². The summed E-state index contributed by atoms with van der Waals surface area (Å²) < 4.78 is 10.9. The topological polar surface area (TPSA) is 125 Å². The number of H-pyrrole nitrogens is 1. The molecule has 3 aromatic carbocycles. The standard InChI is InChI=1S/C28H25N3O6/c1-4-37-22-14-16(9-11-20(22)32)24-23(25(33)17-10-12-21(36-3)15(2)13-17)26(34)27(35)31(24)28-29-18-7-5-6-8-19(18)30-28/h5-14,24,32-33H,4H2,1-3H3,(H,29,30)/b25-23+. The quantitative estimate of drug-likeness (QED) is 0.201. The van der Waals surface area contributed by atoms with Crippen LogP contribution in [0, 0.1) is 6.92 Å². The first-order valence-corrected chi connectivity index (χ1v) is 11.7. The van der Waals surface area contributed by atoms with Crippen molar-refractivity contribution in [3.05, 3.63) is 82.9 Å². The largest absolute Gasteiger partial charge is 0.507 e. The number of phenolic OH excluding ortho intramolecular Hbond substituents is 1. The highest BCUT2D eigenvalue weighted by Crippen LogP contribution is 2.44. The first-order valence-electron chi connectivity index (χ1n) is 11.7. The SMILES string of the molecule is CCOc1cc(C2/C(=C(\O)c3ccc(OC)c(C)c3)C(=O)C(=O)N2c2nc3ccccc3[nH]2)ccc1O. The lowest BCUT2D eigenvalue weighted by Crippen LogP contribution is -2.30. The van der Waals surface area contributed by atoms with E-state index >= 15 is 0 Å². The van der Waals surface area contributed by atoms with Crippen LogP contribution >= 0.6 is 0 Å². The summed E-state index contributed by atoms with van der Waals surface area (Å²) in [5.41, 5.74) is 2.75. The maximum absolute atomic E-state index is 13.4. The van der Waals surface area contributed by atoms with Crippen molar-refractivity contribution in [1.82, 2.24) is 9.97 Å². The molecule has 1 aliphatic heterocycles. The van der Waals surface area contributed by atoms with Crippen molar-refractivity contribution in [2.75, 3.05) is 18.6 Å². The Kier molecular flexibility index (Phi) is 6.04. The molecule has 0 saturated carbocycles. The molecule has 0 aliphatic carbocycles. The van der Waals surface area contributed by atoms with Crippen molar-refractivity contribution in [1.29, 1.82) is 0 Å². The van der Waals surface area contributed by atoms with Gasteiger partial charge >= 0.3 is 5.91 Å². The van der Waals surface area contributed by atoms with E-state index < -0.39 is 17.7 Å². The number of imidazole rings is 1. The van der Waals surface area contributed by atoms with Crippen molar-refractivity contribution in [2.45, 2.75) is 19.9 Å². The summed E-state index contributed by atoms with van der Waals surface area (Å²) in [5.74, 6) is -1.16. The molecule has 9 heteroatoms. The monoisotopic (exact) mass is 499 g/mol. The lowest BCUT2D eigenvalue weighted by atomic mass is 9.94. The average Bonchev–Trinajstić information content (AvgIpc) is 3.43. The summed E-state index contributed by atoms with van der Waals surface area (Å²) in [5, 5.41) is 21.6. The molecule has 0 radical (unpaired) electrons. The number of carbonyl (C=O) groups excluding carboxylic acids is 2. The average molecular weight is 500 g/mol. The predicted molar refractivity (Wildman–Crippen MR) is 138 cm³/mol. The molecule has 4 aromatic rings. The third kappa shape index (κ3) is 4.04. The number of phenols is 1. The van der Waals surface area contributed by atoms with Gasteiger partial charge in [0.15, 0.2) is 11.5 Å². The Morgan fingerprint density at radius 1 is 1.08 bits per heavy atom. The number of ketones is 1. The number of Topliss-reactive ketones (excluding diaryl/α,β-unsaturated/α-hetero) is 1. The number of aliphatic hydroxyl groups excluding tert-OH is 1. The number of aromatic hydroxyl groups is 1. The number of nitrogens with zero attached hydrogens (tertiary/aromatic N) is 2. The summed E-state index contributed by atoms with van der Waals surface area (Å²) in [6.45, 7) is 3.89. The number of hydrogen-bond acceptors (Lipinski definition) is 7.